The molecule has 6 N–H and O–H groups in total. The molecule has 0 heterocycles. The SMILES string of the molecule is NCC(=O)CCC(N)C(=O)CN. The van der Waals surface area contributed by atoms with E-state index < -0.39 is 6.04 Å². The molecular weight excluding hydrogens is 158 g/mol. The Morgan fingerprint density at radius 2 is 1.75 bits per heavy atom. The van der Waals surface area contributed by atoms with E-state index in [2.05, 4.69) is 0 Å². The van der Waals surface area contributed by atoms with Gasteiger partial charge < -0.3 is 17.2 Å². The van der Waals surface area contributed by atoms with Crippen LogP contribution in [0.25, 0.3) is 0 Å². The van der Waals surface area contributed by atoms with Crippen molar-refractivity contribution in [3.05, 3.63) is 0 Å². The summed E-state index contributed by atoms with van der Waals surface area (Å²) in [5.41, 5.74) is 15.5. The average molecular weight is 173 g/mol. The van der Waals surface area contributed by atoms with Crippen molar-refractivity contribution in [3.63, 3.8) is 0 Å². The zero-order valence-electron chi connectivity index (χ0n) is 6.95. The van der Waals surface area contributed by atoms with Gasteiger partial charge in [-0.2, -0.15) is 0 Å². The highest BCUT2D eigenvalue weighted by atomic mass is 16.1. The molecule has 0 bridgehead atoms. The lowest BCUT2D eigenvalue weighted by Gasteiger charge is -2.06. The Labute approximate surface area is 71.3 Å². The summed E-state index contributed by atoms with van der Waals surface area (Å²) >= 11 is 0. The minimum Gasteiger partial charge on any atom is -0.324 e. The lowest BCUT2D eigenvalue weighted by atomic mass is 10.1. The molecule has 1 atom stereocenters. The van der Waals surface area contributed by atoms with Crippen molar-refractivity contribution in [3.8, 4) is 0 Å². The Hall–Kier alpha value is -0.780. The smallest absolute Gasteiger partial charge is 0.163 e. The first-order chi connectivity index (χ1) is 5.61. The quantitative estimate of drug-likeness (QED) is 0.436. The van der Waals surface area contributed by atoms with Gasteiger partial charge in [0.2, 0.25) is 0 Å². The van der Waals surface area contributed by atoms with E-state index in [1.807, 2.05) is 0 Å². The van der Waals surface area contributed by atoms with Gasteiger partial charge in [-0.1, -0.05) is 0 Å². The van der Waals surface area contributed by atoms with Crippen LogP contribution in [0, 0.1) is 0 Å². The second-order valence-corrected chi connectivity index (χ2v) is 2.56. The van der Waals surface area contributed by atoms with Gasteiger partial charge in [0.05, 0.1) is 19.1 Å². The maximum atomic E-state index is 10.8. The first kappa shape index (κ1) is 11.2. The highest BCUT2D eigenvalue weighted by Crippen LogP contribution is 1.95. The number of nitrogens with two attached hydrogens (primary N) is 3. The van der Waals surface area contributed by atoms with E-state index in [0.29, 0.717) is 6.42 Å². The summed E-state index contributed by atoms with van der Waals surface area (Å²) in [6.07, 6.45) is 0.593. The van der Waals surface area contributed by atoms with Crippen molar-refractivity contribution in [2.45, 2.75) is 18.9 Å². The number of hydrogen-bond acceptors (Lipinski definition) is 5. The van der Waals surface area contributed by atoms with E-state index >= 15 is 0 Å². The molecule has 0 aromatic heterocycles. The van der Waals surface area contributed by atoms with Gasteiger partial charge in [-0.3, -0.25) is 9.59 Å². The van der Waals surface area contributed by atoms with Crippen molar-refractivity contribution in [2.24, 2.45) is 17.2 Å². The Morgan fingerprint density at radius 3 is 2.17 bits per heavy atom. The fourth-order valence-corrected chi connectivity index (χ4v) is 0.731. The predicted molar refractivity (Wildman–Crippen MR) is 45.3 cm³/mol. The van der Waals surface area contributed by atoms with Gasteiger partial charge in [-0.15, -0.1) is 0 Å². The number of carbonyl (C=O) groups is 2. The number of ketones is 2. The predicted octanol–water partition coefficient (Wildman–Crippen LogP) is -1.85. The van der Waals surface area contributed by atoms with Crippen LogP contribution in [0.3, 0.4) is 0 Å². The zero-order valence-corrected chi connectivity index (χ0v) is 6.95. The van der Waals surface area contributed by atoms with Crippen LogP contribution in [0.5, 0.6) is 0 Å². The van der Waals surface area contributed by atoms with Crippen LogP contribution < -0.4 is 17.2 Å². The second kappa shape index (κ2) is 5.82. The molecule has 12 heavy (non-hydrogen) atoms. The minimum atomic E-state index is -0.620. The van der Waals surface area contributed by atoms with Crippen molar-refractivity contribution in [1.29, 1.82) is 0 Å². The topological polar surface area (TPSA) is 112 Å². The summed E-state index contributed by atoms with van der Waals surface area (Å²) in [6, 6.07) is -0.620. The molecule has 0 saturated heterocycles. The van der Waals surface area contributed by atoms with E-state index in [9.17, 15) is 9.59 Å². The summed E-state index contributed by atoms with van der Waals surface area (Å²) in [4.78, 5) is 21.5. The van der Waals surface area contributed by atoms with Crippen LogP contribution >= 0.6 is 0 Å². The number of Topliss-reactive ketones (excluding diaryl/α,β-unsaturated/α-hetero) is 2. The van der Waals surface area contributed by atoms with E-state index in [1.165, 1.54) is 0 Å². The van der Waals surface area contributed by atoms with Crippen LogP contribution in [-0.2, 0) is 9.59 Å². The van der Waals surface area contributed by atoms with E-state index in [4.69, 9.17) is 17.2 Å². The van der Waals surface area contributed by atoms with Crippen LogP contribution in [-0.4, -0.2) is 30.7 Å². The van der Waals surface area contributed by atoms with Gasteiger partial charge >= 0.3 is 0 Å². The summed E-state index contributed by atoms with van der Waals surface area (Å²) in [5, 5.41) is 0. The van der Waals surface area contributed by atoms with Gasteiger partial charge in [0.15, 0.2) is 5.78 Å². The summed E-state index contributed by atoms with van der Waals surface area (Å²) in [5.74, 6) is -0.310. The number of rotatable bonds is 6. The summed E-state index contributed by atoms with van der Waals surface area (Å²) < 4.78 is 0. The molecule has 0 fully saturated rings. The molecule has 0 aromatic carbocycles. The monoisotopic (exact) mass is 173 g/mol. The van der Waals surface area contributed by atoms with E-state index in [-0.39, 0.29) is 31.1 Å². The first-order valence-electron chi connectivity index (χ1n) is 3.82. The number of hydrogen-bond donors (Lipinski definition) is 3. The third kappa shape index (κ3) is 4.17. The van der Waals surface area contributed by atoms with Gasteiger partial charge in [0.1, 0.15) is 5.78 Å². The zero-order chi connectivity index (χ0) is 9.56. The van der Waals surface area contributed by atoms with E-state index in [1.54, 1.807) is 0 Å². The average Bonchev–Trinajstić information content (AvgIpc) is 2.11. The van der Waals surface area contributed by atoms with Gasteiger partial charge in [-0.25, -0.2) is 0 Å². The Bertz CT molecular complexity index is 170. The third-order valence-corrected chi connectivity index (χ3v) is 1.58. The van der Waals surface area contributed by atoms with Gasteiger partial charge in [-0.05, 0) is 6.42 Å². The Morgan fingerprint density at radius 1 is 1.17 bits per heavy atom. The molecule has 5 heteroatoms. The summed E-state index contributed by atoms with van der Waals surface area (Å²) in [7, 11) is 0. The molecule has 0 saturated carbocycles. The molecule has 0 radical (unpaired) electrons. The lowest BCUT2D eigenvalue weighted by molar-refractivity contribution is -0.120. The van der Waals surface area contributed by atoms with Crippen LogP contribution in [0.2, 0.25) is 0 Å². The molecule has 0 aliphatic heterocycles. The number of carbonyl (C=O) groups excluding carboxylic acids is 2. The third-order valence-electron chi connectivity index (χ3n) is 1.58. The maximum absolute atomic E-state index is 10.8. The fraction of sp³-hybridized carbons (Fsp3) is 0.714. The molecule has 70 valence electrons. The van der Waals surface area contributed by atoms with Crippen molar-refractivity contribution in [1.82, 2.24) is 0 Å². The molecule has 0 amide bonds. The largest absolute Gasteiger partial charge is 0.324 e. The normalized spacial score (nSPS) is 12.6. The van der Waals surface area contributed by atoms with Crippen molar-refractivity contribution in [2.75, 3.05) is 13.1 Å². The summed E-state index contributed by atoms with van der Waals surface area (Å²) in [6.45, 7) is -0.0679. The fourth-order valence-electron chi connectivity index (χ4n) is 0.731. The first-order valence-corrected chi connectivity index (χ1v) is 3.82. The second-order valence-electron chi connectivity index (χ2n) is 2.56. The van der Waals surface area contributed by atoms with Crippen LogP contribution in [0.1, 0.15) is 12.8 Å². The lowest BCUT2D eigenvalue weighted by Crippen LogP contribution is -2.36. The minimum absolute atomic E-state index is 0.00351. The Balaban J connectivity index is 3.63. The molecule has 1 unspecified atom stereocenters. The molecule has 5 nitrogen and oxygen atoms in total. The maximum Gasteiger partial charge on any atom is 0.163 e. The molecule has 0 aromatic rings. The van der Waals surface area contributed by atoms with Gasteiger partial charge in [0.25, 0.3) is 0 Å². The standard InChI is InChI=1S/C7H15N3O2/c8-3-5(11)1-2-6(10)7(12)4-9/h6H,1-4,8-10H2. The molecule has 0 aliphatic rings. The van der Waals surface area contributed by atoms with Crippen LogP contribution in [0.15, 0.2) is 0 Å². The highest BCUT2D eigenvalue weighted by Gasteiger charge is 2.12. The van der Waals surface area contributed by atoms with E-state index in [0.717, 1.165) is 0 Å². The van der Waals surface area contributed by atoms with Crippen molar-refractivity contribution < 1.29 is 9.59 Å². The van der Waals surface area contributed by atoms with Crippen molar-refractivity contribution >= 4 is 11.6 Å². The molecule has 0 aliphatic carbocycles. The molecular formula is C7H15N3O2. The van der Waals surface area contributed by atoms with Gasteiger partial charge in [0, 0.05) is 6.42 Å². The van der Waals surface area contributed by atoms with Crippen LogP contribution in [0.4, 0.5) is 0 Å². The highest BCUT2D eigenvalue weighted by molar-refractivity contribution is 5.86. The molecule has 0 spiro atoms. The Kier molecular flexibility index (Phi) is 5.44. The molecule has 0 rings (SSSR count).